The molecule has 1 aromatic carbocycles. The summed E-state index contributed by atoms with van der Waals surface area (Å²) < 4.78 is 47.2. The molecule has 0 radical (unpaired) electrons. The molecule has 2 N–H and O–H groups in total. The minimum Gasteiger partial charge on any atom is -0.507 e. The second-order valence-corrected chi connectivity index (χ2v) is 3.68. The molecule has 1 aromatic heterocycles. The number of likely N-dealkylation sites (tertiary alicyclic amines) is 1. The van der Waals surface area contributed by atoms with E-state index >= 15 is 0 Å². The number of fused-ring (bicyclic) bond motifs is 1. The van der Waals surface area contributed by atoms with Crippen molar-refractivity contribution in [2.75, 3.05) is 19.5 Å². The Bertz CT molecular complexity index is 712. The van der Waals surface area contributed by atoms with E-state index in [1.54, 1.807) is 18.3 Å². The minimum atomic E-state index is -2.22. The van der Waals surface area contributed by atoms with Crippen LogP contribution in [0.2, 0.25) is 0 Å². The summed E-state index contributed by atoms with van der Waals surface area (Å²) in [7, 11) is 0. The zero-order valence-electron chi connectivity index (χ0n) is 14.6. The highest BCUT2D eigenvalue weighted by molar-refractivity contribution is 5.88. The first-order chi connectivity index (χ1) is 10.0. The Balaban J connectivity index is 1.97. The van der Waals surface area contributed by atoms with Crippen LogP contribution >= 0.6 is 0 Å². The van der Waals surface area contributed by atoms with Crippen LogP contribution in [-0.4, -0.2) is 34.5 Å². The molecular weight excluding hydrogens is 200 g/mol. The van der Waals surface area contributed by atoms with Crippen LogP contribution in [0.15, 0.2) is 24.4 Å². The third-order valence-corrected chi connectivity index (χ3v) is 2.67. The van der Waals surface area contributed by atoms with Gasteiger partial charge in [0.1, 0.15) is 5.75 Å². The molecule has 0 amide bonds. The summed E-state index contributed by atoms with van der Waals surface area (Å²) in [6.45, 7) is -6.27. The van der Waals surface area contributed by atoms with Gasteiger partial charge in [0.2, 0.25) is 0 Å². The predicted octanol–water partition coefficient (Wildman–Crippen LogP) is 2.12. The molecule has 3 heteroatoms. The van der Waals surface area contributed by atoms with Gasteiger partial charge in [-0.25, -0.2) is 0 Å². The van der Waals surface area contributed by atoms with Crippen LogP contribution in [0.3, 0.4) is 0 Å². The molecule has 1 aliphatic rings. The zero-order valence-corrected chi connectivity index (χ0v) is 8.62. The Morgan fingerprint density at radius 2 is 2.38 bits per heavy atom. The smallest absolute Gasteiger partial charge is 0.125 e. The largest absolute Gasteiger partial charge is 0.507 e. The van der Waals surface area contributed by atoms with E-state index in [4.69, 9.17) is 8.22 Å². The summed E-state index contributed by atoms with van der Waals surface area (Å²) in [4.78, 5) is 3.57. The summed E-state index contributed by atoms with van der Waals surface area (Å²) in [6.07, 6.45) is 0.968. The average Bonchev–Trinajstić information content (AvgIpc) is 2.69. The van der Waals surface area contributed by atoms with Gasteiger partial charge >= 0.3 is 0 Å². The second kappa shape index (κ2) is 3.83. The zero-order chi connectivity index (χ0) is 16.3. The molecule has 0 atom stereocenters. The lowest BCUT2D eigenvalue weighted by Gasteiger charge is -2.30. The van der Waals surface area contributed by atoms with E-state index in [1.165, 1.54) is 6.07 Å². The Hall–Kier alpha value is -1.48. The number of phenols is 1. The van der Waals surface area contributed by atoms with E-state index in [0.29, 0.717) is 21.4 Å². The van der Waals surface area contributed by atoms with Crippen LogP contribution < -0.4 is 0 Å². The number of aromatic nitrogens is 1. The maximum absolute atomic E-state index is 9.95. The Morgan fingerprint density at radius 1 is 1.50 bits per heavy atom. The number of phenolic OH excluding ortho intramolecular Hbond substituents is 1. The van der Waals surface area contributed by atoms with Crippen LogP contribution in [0.25, 0.3) is 10.9 Å². The third-order valence-electron chi connectivity index (χ3n) is 2.67. The van der Waals surface area contributed by atoms with Crippen molar-refractivity contribution in [1.82, 2.24) is 9.88 Å². The molecule has 1 aliphatic heterocycles. The Labute approximate surface area is 103 Å². The van der Waals surface area contributed by atoms with E-state index in [0.717, 1.165) is 0 Å². The first-order valence-electron chi connectivity index (χ1n) is 8.13. The van der Waals surface area contributed by atoms with Gasteiger partial charge in [0.05, 0.1) is 0 Å². The quantitative estimate of drug-likeness (QED) is 0.835. The highest BCUT2D eigenvalue weighted by atomic mass is 16.3. The number of H-pyrrole nitrogens is 1. The van der Waals surface area contributed by atoms with Gasteiger partial charge in [0.25, 0.3) is 0 Å². The molecular formula is C13H16N2O. The highest BCUT2D eigenvalue weighted by Crippen LogP contribution is 2.28. The number of nitrogens with one attached hydrogen (secondary N) is 1. The van der Waals surface area contributed by atoms with E-state index in [2.05, 4.69) is 4.98 Å². The fourth-order valence-electron chi connectivity index (χ4n) is 1.81. The van der Waals surface area contributed by atoms with Crippen LogP contribution in [0.4, 0.5) is 0 Å². The van der Waals surface area contributed by atoms with Gasteiger partial charge < -0.3 is 15.0 Å². The highest BCUT2D eigenvalue weighted by Gasteiger charge is 2.14. The molecule has 0 aliphatic carbocycles. The number of hydrogen-bond donors (Lipinski definition) is 2. The molecule has 0 unspecified atom stereocenters. The molecule has 2 aromatic rings. The summed E-state index contributed by atoms with van der Waals surface area (Å²) in [5, 5.41) is 10.4. The number of aromatic hydroxyl groups is 1. The fourth-order valence-corrected chi connectivity index (χ4v) is 1.81. The number of benzene rings is 1. The number of nitrogens with zero attached hydrogens (tertiary/aromatic N) is 1. The van der Waals surface area contributed by atoms with Gasteiger partial charge in [0.15, 0.2) is 0 Å². The number of rotatable bonds is 3. The number of aromatic amines is 1. The Morgan fingerprint density at radius 3 is 3.19 bits per heavy atom. The maximum atomic E-state index is 9.95. The summed E-state index contributed by atoms with van der Waals surface area (Å²) in [5.74, 6) is 0.0131. The van der Waals surface area contributed by atoms with Crippen molar-refractivity contribution in [2.24, 2.45) is 0 Å². The second-order valence-electron chi connectivity index (χ2n) is 3.68. The molecule has 84 valence electrons. The van der Waals surface area contributed by atoms with E-state index in [1.807, 2.05) is 0 Å². The number of hydrogen-bond acceptors (Lipinski definition) is 2. The van der Waals surface area contributed by atoms with Crippen molar-refractivity contribution in [3.05, 3.63) is 30.0 Å². The van der Waals surface area contributed by atoms with Crippen molar-refractivity contribution in [3.8, 4) is 5.75 Å². The standard InChI is InChI=1S/C13H16N2O/c16-12-4-1-3-11-13(12)10(9-14-11)5-8-15-6-2-7-15/h1,3-4,9,14,16H,2,5-8H2/i6D2,7D2,8D2. The van der Waals surface area contributed by atoms with E-state index in [-0.39, 0.29) is 18.6 Å². The average molecular weight is 222 g/mol. The molecule has 16 heavy (non-hydrogen) atoms. The van der Waals surface area contributed by atoms with E-state index in [9.17, 15) is 5.11 Å². The van der Waals surface area contributed by atoms with Gasteiger partial charge in [-0.3, -0.25) is 0 Å². The third kappa shape index (κ3) is 1.57. The predicted molar refractivity (Wildman–Crippen MR) is 64.7 cm³/mol. The lowest BCUT2D eigenvalue weighted by molar-refractivity contribution is 0.184. The molecule has 0 saturated carbocycles. The summed E-state index contributed by atoms with van der Waals surface area (Å²) in [5.41, 5.74) is 1.14. The van der Waals surface area contributed by atoms with Gasteiger partial charge in [-0.1, -0.05) is 6.07 Å². The van der Waals surface area contributed by atoms with E-state index < -0.39 is 19.5 Å². The molecule has 0 spiro atoms. The van der Waals surface area contributed by atoms with Crippen molar-refractivity contribution in [1.29, 1.82) is 0 Å². The van der Waals surface area contributed by atoms with Gasteiger partial charge in [-0.2, -0.15) is 0 Å². The maximum Gasteiger partial charge on any atom is 0.125 e. The topological polar surface area (TPSA) is 39.3 Å². The summed E-state index contributed by atoms with van der Waals surface area (Å²) in [6, 6.07) is 4.91. The van der Waals surface area contributed by atoms with Crippen molar-refractivity contribution in [2.45, 2.75) is 12.8 Å². The first-order valence-corrected chi connectivity index (χ1v) is 5.13. The SMILES string of the molecule is [2H]C([2H])(Cc1c[nH]c2cccc(O)c12)N1C([2H])([2H])CC1([2H])[2H]. The van der Waals surface area contributed by atoms with Crippen LogP contribution in [0.1, 0.15) is 20.2 Å². The molecule has 1 fully saturated rings. The van der Waals surface area contributed by atoms with Gasteiger partial charge in [0, 0.05) is 31.8 Å². The van der Waals surface area contributed by atoms with Crippen molar-refractivity contribution >= 4 is 10.9 Å². The normalized spacial score (nSPS) is 29.2. The van der Waals surface area contributed by atoms with Crippen LogP contribution in [0, 0.1) is 0 Å². The van der Waals surface area contributed by atoms with Crippen molar-refractivity contribution < 1.29 is 13.3 Å². The lowest BCUT2D eigenvalue weighted by Crippen LogP contribution is -2.38. The molecule has 2 heterocycles. The monoisotopic (exact) mass is 222 g/mol. The van der Waals surface area contributed by atoms with Gasteiger partial charge in [-0.15, -0.1) is 0 Å². The Kier molecular flexibility index (Phi) is 1.25. The van der Waals surface area contributed by atoms with Crippen LogP contribution in [-0.2, 0) is 6.42 Å². The first kappa shape index (κ1) is 5.23. The lowest BCUT2D eigenvalue weighted by atomic mass is 10.1. The van der Waals surface area contributed by atoms with Gasteiger partial charge in [-0.05, 0) is 43.5 Å². The molecule has 1 saturated heterocycles. The fraction of sp³-hybridized carbons (Fsp3) is 0.385. The molecule has 3 nitrogen and oxygen atoms in total. The van der Waals surface area contributed by atoms with Crippen molar-refractivity contribution in [3.63, 3.8) is 0 Å². The molecule has 3 rings (SSSR count). The number of aryl methyl sites for hydroxylation is 1. The molecule has 0 bridgehead atoms. The summed E-state index contributed by atoms with van der Waals surface area (Å²) >= 11 is 0. The minimum absolute atomic E-state index is 0.0131. The van der Waals surface area contributed by atoms with Crippen LogP contribution in [0.5, 0.6) is 5.75 Å².